The molecule has 1 saturated heterocycles. The summed E-state index contributed by atoms with van der Waals surface area (Å²) < 4.78 is 32.3. The summed E-state index contributed by atoms with van der Waals surface area (Å²) in [5.41, 5.74) is 2.03. The molecule has 2 aliphatic heterocycles. The molecule has 0 radical (unpaired) electrons. The number of esters is 1. The molecule has 2 aromatic carbocycles. The molecule has 0 aliphatic carbocycles. The normalized spacial score (nSPS) is 17.6. The molecule has 1 atom stereocenters. The number of nitrogens with zero attached hydrogens (tertiary/aromatic N) is 2. The standard InChI is InChI=1S/C22H24N2O5S/c1-16(21(25)24-14-11-17-7-2-3-10-20(17)24)29-22(26)18-8-6-9-19(15-18)30(27,28)23-12-4-5-13-23/h2-3,6-10,15-16H,4-5,11-14H2,1H3/t16-/m1/s1. The number of carbonyl (C=O) groups is 2. The summed E-state index contributed by atoms with van der Waals surface area (Å²) in [5.74, 6) is -1.02. The molecule has 7 nitrogen and oxygen atoms in total. The van der Waals surface area contributed by atoms with E-state index in [4.69, 9.17) is 4.74 Å². The van der Waals surface area contributed by atoms with E-state index < -0.39 is 22.1 Å². The minimum atomic E-state index is -3.64. The van der Waals surface area contributed by atoms with Gasteiger partial charge in [-0.2, -0.15) is 4.31 Å². The van der Waals surface area contributed by atoms with Gasteiger partial charge >= 0.3 is 5.97 Å². The molecule has 0 bridgehead atoms. The smallest absolute Gasteiger partial charge is 0.338 e. The molecule has 0 unspecified atom stereocenters. The fourth-order valence-corrected chi connectivity index (χ4v) is 5.49. The highest BCUT2D eigenvalue weighted by atomic mass is 32.2. The van der Waals surface area contributed by atoms with Gasteiger partial charge in [0.25, 0.3) is 5.91 Å². The zero-order valence-corrected chi connectivity index (χ0v) is 17.6. The van der Waals surface area contributed by atoms with E-state index in [1.807, 2.05) is 24.3 Å². The van der Waals surface area contributed by atoms with Crippen LogP contribution in [0.3, 0.4) is 0 Å². The van der Waals surface area contributed by atoms with Crippen LogP contribution in [0.15, 0.2) is 53.4 Å². The van der Waals surface area contributed by atoms with Gasteiger partial charge in [-0.3, -0.25) is 4.79 Å². The molecule has 1 amide bonds. The molecule has 30 heavy (non-hydrogen) atoms. The van der Waals surface area contributed by atoms with Crippen LogP contribution in [0, 0.1) is 0 Å². The number of carbonyl (C=O) groups excluding carboxylic acids is 2. The fraction of sp³-hybridized carbons (Fsp3) is 0.364. The van der Waals surface area contributed by atoms with Crippen molar-refractivity contribution in [2.24, 2.45) is 0 Å². The zero-order chi connectivity index (χ0) is 21.3. The van der Waals surface area contributed by atoms with Gasteiger partial charge in [0.15, 0.2) is 6.10 Å². The topological polar surface area (TPSA) is 84.0 Å². The SMILES string of the molecule is C[C@@H](OC(=O)c1cccc(S(=O)(=O)N2CCCC2)c1)C(=O)N1CCc2ccccc21. The zero-order valence-electron chi connectivity index (χ0n) is 16.8. The number of rotatable bonds is 5. The average Bonchev–Trinajstić information content (AvgIpc) is 3.44. The van der Waals surface area contributed by atoms with E-state index in [0.717, 1.165) is 30.5 Å². The van der Waals surface area contributed by atoms with Crippen LogP contribution in [0.5, 0.6) is 0 Å². The number of benzene rings is 2. The lowest BCUT2D eigenvalue weighted by Gasteiger charge is -2.22. The Morgan fingerprint density at radius 2 is 1.73 bits per heavy atom. The number of hydrogen-bond acceptors (Lipinski definition) is 5. The van der Waals surface area contributed by atoms with Crippen molar-refractivity contribution in [3.05, 3.63) is 59.7 Å². The Hall–Kier alpha value is -2.71. The number of para-hydroxylation sites is 1. The predicted molar refractivity (Wildman–Crippen MR) is 112 cm³/mol. The first-order chi connectivity index (χ1) is 14.4. The molecule has 158 valence electrons. The summed E-state index contributed by atoms with van der Waals surface area (Å²) in [5, 5.41) is 0. The summed E-state index contributed by atoms with van der Waals surface area (Å²) in [6, 6.07) is 13.5. The van der Waals surface area contributed by atoms with Crippen molar-refractivity contribution in [2.45, 2.75) is 37.2 Å². The van der Waals surface area contributed by atoms with Crippen molar-refractivity contribution < 1.29 is 22.7 Å². The Balaban J connectivity index is 1.47. The van der Waals surface area contributed by atoms with Gasteiger partial charge in [-0.05, 0) is 56.0 Å². The third kappa shape index (κ3) is 3.85. The lowest BCUT2D eigenvalue weighted by Crippen LogP contribution is -2.39. The van der Waals surface area contributed by atoms with Gasteiger partial charge in [-0.15, -0.1) is 0 Å². The summed E-state index contributed by atoms with van der Waals surface area (Å²) in [7, 11) is -3.64. The Kier molecular flexibility index (Phi) is 5.62. The van der Waals surface area contributed by atoms with Crippen molar-refractivity contribution in [3.8, 4) is 0 Å². The maximum Gasteiger partial charge on any atom is 0.338 e. The monoisotopic (exact) mass is 428 g/mol. The Morgan fingerprint density at radius 1 is 1.00 bits per heavy atom. The van der Waals surface area contributed by atoms with Gasteiger partial charge in [-0.25, -0.2) is 13.2 Å². The van der Waals surface area contributed by atoms with E-state index in [1.54, 1.807) is 4.90 Å². The van der Waals surface area contributed by atoms with Crippen LogP contribution in [0.4, 0.5) is 5.69 Å². The van der Waals surface area contributed by atoms with Crippen LogP contribution in [0.25, 0.3) is 0 Å². The third-order valence-electron chi connectivity index (χ3n) is 5.56. The number of amides is 1. The van der Waals surface area contributed by atoms with Gasteiger partial charge < -0.3 is 9.64 Å². The van der Waals surface area contributed by atoms with E-state index in [2.05, 4.69) is 0 Å². The summed E-state index contributed by atoms with van der Waals surface area (Å²) in [4.78, 5) is 27.1. The largest absolute Gasteiger partial charge is 0.449 e. The molecule has 0 aromatic heterocycles. The third-order valence-corrected chi connectivity index (χ3v) is 7.45. The number of sulfonamides is 1. The van der Waals surface area contributed by atoms with Gasteiger partial charge in [0.1, 0.15) is 0 Å². The molecule has 0 N–H and O–H groups in total. The average molecular weight is 429 g/mol. The molecular formula is C22H24N2O5S. The molecule has 0 saturated carbocycles. The van der Waals surface area contributed by atoms with Crippen molar-refractivity contribution in [1.82, 2.24) is 4.31 Å². The highest BCUT2D eigenvalue weighted by Gasteiger charge is 2.31. The van der Waals surface area contributed by atoms with Crippen LogP contribution in [-0.2, 0) is 26.0 Å². The van der Waals surface area contributed by atoms with E-state index in [9.17, 15) is 18.0 Å². The number of hydrogen-bond donors (Lipinski definition) is 0. The molecule has 2 aliphatic rings. The minimum absolute atomic E-state index is 0.0614. The van der Waals surface area contributed by atoms with Crippen LogP contribution < -0.4 is 4.90 Å². The molecule has 2 aromatic rings. The van der Waals surface area contributed by atoms with Gasteiger partial charge in [-0.1, -0.05) is 24.3 Å². The van der Waals surface area contributed by atoms with Crippen molar-refractivity contribution in [2.75, 3.05) is 24.5 Å². The molecule has 1 fully saturated rings. The van der Waals surface area contributed by atoms with Crippen LogP contribution in [0.1, 0.15) is 35.7 Å². The van der Waals surface area contributed by atoms with Gasteiger partial charge in [0, 0.05) is 25.3 Å². The molecule has 4 rings (SSSR count). The first kappa shape index (κ1) is 20.6. The van der Waals surface area contributed by atoms with Crippen molar-refractivity contribution in [3.63, 3.8) is 0 Å². The van der Waals surface area contributed by atoms with E-state index in [0.29, 0.717) is 19.6 Å². The Labute approximate surface area is 176 Å². The van der Waals surface area contributed by atoms with Crippen LogP contribution >= 0.6 is 0 Å². The Bertz CT molecular complexity index is 1080. The highest BCUT2D eigenvalue weighted by molar-refractivity contribution is 7.89. The molecular weight excluding hydrogens is 404 g/mol. The quantitative estimate of drug-likeness (QED) is 0.684. The maximum atomic E-state index is 12.8. The minimum Gasteiger partial charge on any atom is -0.449 e. The number of anilines is 1. The highest BCUT2D eigenvalue weighted by Crippen LogP contribution is 2.28. The van der Waals surface area contributed by atoms with Gasteiger partial charge in [0.05, 0.1) is 10.5 Å². The molecule has 0 spiro atoms. The van der Waals surface area contributed by atoms with E-state index in [-0.39, 0.29) is 16.4 Å². The van der Waals surface area contributed by atoms with Crippen LogP contribution in [-0.4, -0.2) is 50.3 Å². The summed E-state index contributed by atoms with van der Waals surface area (Å²) >= 11 is 0. The number of ether oxygens (including phenoxy) is 1. The lowest BCUT2D eigenvalue weighted by atomic mass is 10.2. The lowest BCUT2D eigenvalue weighted by molar-refractivity contribution is -0.126. The van der Waals surface area contributed by atoms with Crippen molar-refractivity contribution in [1.29, 1.82) is 0 Å². The first-order valence-electron chi connectivity index (χ1n) is 10.1. The van der Waals surface area contributed by atoms with E-state index >= 15 is 0 Å². The number of fused-ring (bicyclic) bond motifs is 1. The maximum absolute atomic E-state index is 12.8. The van der Waals surface area contributed by atoms with Crippen molar-refractivity contribution >= 4 is 27.6 Å². The second-order valence-electron chi connectivity index (χ2n) is 7.56. The molecule has 2 heterocycles. The fourth-order valence-electron chi connectivity index (χ4n) is 3.93. The second kappa shape index (κ2) is 8.20. The van der Waals surface area contributed by atoms with E-state index in [1.165, 1.54) is 35.5 Å². The van der Waals surface area contributed by atoms with Gasteiger partial charge in [0.2, 0.25) is 10.0 Å². The Morgan fingerprint density at radius 3 is 2.50 bits per heavy atom. The van der Waals surface area contributed by atoms with Crippen LogP contribution in [0.2, 0.25) is 0 Å². The molecule has 8 heteroatoms. The summed E-state index contributed by atoms with van der Waals surface area (Å²) in [6.07, 6.45) is 1.45. The first-order valence-corrected chi connectivity index (χ1v) is 11.5. The second-order valence-corrected chi connectivity index (χ2v) is 9.49. The summed E-state index contributed by atoms with van der Waals surface area (Å²) in [6.45, 7) is 3.05. The predicted octanol–water partition coefficient (Wildman–Crippen LogP) is 2.61.